The predicted octanol–water partition coefficient (Wildman–Crippen LogP) is 3.17. The zero-order valence-electron chi connectivity index (χ0n) is 18.3. The summed E-state index contributed by atoms with van der Waals surface area (Å²) in [4.78, 5) is 28.4. The largest absolute Gasteiger partial charge is 0.490 e. The van der Waals surface area contributed by atoms with Gasteiger partial charge in [-0.2, -0.15) is 0 Å². The Morgan fingerprint density at radius 1 is 1.06 bits per heavy atom. The molecule has 1 fully saturated rings. The molecule has 1 saturated heterocycles. The van der Waals surface area contributed by atoms with Gasteiger partial charge in [-0.1, -0.05) is 18.1 Å². The van der Waals surface area contributed by atoms with Gasteiger partial charge in [-0.3, -0.25) is 9.59 Å². The number of benzene rings is 1. The lowest BCUT2D eigenvalue weighted by Gasteiger charge is -2.33. The fraction of sp³-hybridized carbons (Fsp3) is 0.435. The molecular formula is C23H29N3O5. The molecule has 0 unspecified atom stereocenters. The van der Waals surface area contributed by atoms with E-state index in [-0.39, 0.29) is 17.6 Å². The van der Waals surface area contributed by atoms with Crippen molar-refractivity contribution in [3.63, 3.8) is 0 Å². The Hall–Kier alpha value is -3.29. The number of carbonyl (C=O) groups excluding carboxylic acids is 2. The van der Waals surface area contributed by atoms with Crippen molar-refractivity contribution < 1.29 is 23.6 Å². The number of rotatable bonds is 8. The van der Waals surface area contributed by atoms with Crippen LogP contribution < -0.4 is 9.47 Å². The Morgan fingerprint density at radius 3 is 2.45 bits per heavy atom. The summed E-state index contributed by atoms with van der Waals surface area (Å²) in [6.45, 7) is 8.74. The lowest BCUT2D eigenvalue weighted by atomic mass is 10.1. The number of nitrogens with zero attached hydrogens (tertiary/aromatic N) is 3. The Morgan fingerprint density at radius 2 is 1.81 bits per heavy atom. The standard InChI is InChI=1S/C23H29N3O5/c1-4-14-30-19-8-6-18(16-20(19)29-5-2)7-9-22(27)25-10-12-26(13-11-25)23(28)21-15-17(3)24-31-21/h6-9,15-16H,4-5,10-14H2,1-3H3/b9-7+. The van der Waals surface area contributed by atoms with E-state index in [0.29, 0.717) is 56.6 Å². The summed E-state index contributed by atoms with van der Waals surface area (Å²) < 4.78 is 16.4. The van der Waals surface area contributed by atoms with Crippen LogP contribution >= 0.6 is 0 Å². The molecule has 0 radical (unpaired) electrons. The number of amides is 2. The molecule has 2 aromatic rings. The van der Waals surface area contributed by atoms with Crippen LogP contribution in [0.4, 0.5) is 0 Å². The van der Waals surface area contributed by atoms with Crippen molar-refractivity contribution in [1.82, 2.24) is 15.0 Å². The highest BCUT2D eigenvalue weighted by atomic mass is 16.5. The molecule has 3 rings (SSSR count). The SMILES string of the molecule is CCCOc1ccc(/C=C/C(=O)N2CCN(C(=O)c3cc(C)no3)CC2)cc1OCC. The number of aromatic nitrogens is 1. The zero-order valence-corrected chi connectivity index (χ0v) is 18.3. The molecule has 1 aromatic carbocycles. The highest BCUT2D eigenvalue weighted by Gasteiger charge is 2.26. The highest BCUT2D eigenvalue weighted by molar-refractivity contribution is 5.93. The number of aryl methyl sites for hydroxylation is 1. The van der Waals surface area contributed by atoms with Crippen molar-refractivity contribution >= 4 is 17.9 Å². The highest BCUT2D eigenvalue weighted by Crippen LogP contribution is 2.29. The van der Waals surface area contributed by atoms with Crippen molar-refractivity contribution in [2.45, 2.75) is 27.2 Å². The second-order valence-corrected chi connectivity index (χ2v) is 7.27. The molecule has 166 valence electrons. The Kier molecular flexibility index (Phi) is 7.70. The van der Waals surface area contributed by atoms with Crippen LogP contribution in [0.5, 0.6) is 11.5 Å². The van der Waals surface area contributed by atoms with Gasteiger partial charge < -0.3 is 23.8 Å². The average molecular weight is 428 g/mol. The van der Waals surface area contributed by atoms with Gasteiger partial charge in [0.05, 0.1) is 18.9 Å². The second-order valence-electron chi connectivity index (χ2n) is 7.27. The zero-order chi connectivity index (χ0) is 22.2. The van der Waals surface area contributed by atoms with E-state index in [2.05, 4.69) is 5.16 Å². The second kappa shape index (κ2) is 10.7. The van der Waals surface area contributed by atoms with Gasteiger partial charge in [0, 0.05) is 38.3 Å². The number of ether oxygens (including phenoxy) is 2. The quantitative estimate of drug-likeness (QED) is 0.602. The number of carbonyl (C=O) groups is 2. The van der Waals surface area contributed by atoms with Gasteiger partial charge in [0.2, 0.25) is 11.7 Å². The van der Waals surface area contributed by atoms with Crippen LogP contribution in [0.1, 0.15) is 42.1 Å². The number of piperazine rings is 1. The van der Waals surface area contributed by atoms with E-state index in [0.717, 1.165) is 12.0 Å². The summed E-state index contributed by atoms with van der Waals surface area (Å²) in [6, 6.07) is 7.25. The van der Waals surface area contributed by atoms with Crippen molar-refractivity contribution in [1.29, 1.82) is 0 Å². The van der Waals surface area contributed by atoms with E-state index in [4.69, 9.17) is 14.0 Å². The van der Waals surface area contributed by atoms with Crippen LogP contribution in [0.25, 0.3) is 6.08 Å². The summed E-state index contributed by atoms with van der Waals surface area (Å²) in [7, 11) is 0. The van der Waals surface area contributed by atoms with Crippen molar-refractivity contribution in [2.24, 2.45) is 0 Å². The van der Waals surface area contributed by atoms with E-state index in [1.165, 1.54) is 0 Å². The lowest BCUT2D eigenvalue weighted by Crippen LogP contribution is -2.50. The van der Waals surface area contributed by atoms with Crippen LogP contribution in [0.15, 0.2) is 34.9 Å². The molecule has 31 heavy (non-hydrogen) atoms. The van der Waals surface area contributed by atoms with Crippen molar-refractivity contribution in [2.75, 3.05) is 39.4 Å². The van der Waals surface area contributed by atoms with E-state index < -0.39 is 0 Å². The van der Waals surface area contributed by atoms with Gasteiger partial charge in [0.25, 0.3) is 5.91 Å². The first kappa shape index (κ1) is 22.4. The Bertz CT molecular complexity index is 929. The molecule has 1 aliphatic heterocycles. The van der Waals surface area contributed by atoms with Gasteiger partial charge in [-0.05, 0) is 44.0 Å². The minimum absolute atomic E-state index is 0.0909. The predicted molar refractivity (Wildman–Crippen MR) is 116 cm³/mol. The molecule has 0 aliphatic carbocycles. The maximum atomic E-state index is 12.6. The van der Waals surface area contributed by atoms with E-state index in [1.54, 1.807) is 34.9 Å². The van der Waals surface area contributed by atoms with Crippen LogP contribution in [0.2, 0.25) is 0 Å². The van der Waals surface area contributed by atoms with Crippen LogP contribution in [0.3, 0.4) is 0 Å². The Labute approximate surface area is 182 Å². The minimum Gasteiger partial charge on any atom is -0.490 e. The first-order chi connectivity index (χ1) is 15.0. The van der Waals surface area contributed by atoms with Gasteiger partial charge in [-0.25, -0.2) is 0 Å². The van der Waals surface area contributed by atoms with E-state index in [1.807, 2.05) is 32.0 Å². The fourth-order valence-corrected chi connectivity index (χ4v) is 3.25. The fourth-order valence-electron chi connectivity index (χ4n) is 3.25. The molecule has 0 saturated carbocycles. The van der Waals surface area contributed by atoms with Crippen molar-refractivity contribution in [3.8, 4) is 11.5 Å². The summed E-state index contributed by atoms with van der Waals surface area (Å²) in [5.41, 5.74) is 1.52. The molecule has 0 bridgehead atoms. The molecule has 8 nitrogen and oxygen atoms in total. The summed E-state index contributed by atoms with van der Waals surface area (Å²) >= 11 is 0. The molecule has 2 heterocycles. The maximum absolute atomic E-state index is 12.6. The van der Waals surface area contributed by atoms with Gasteiger partial charge in [0.1, 0.15) is 0 Å². The minimum atomic E-state index is -0.197. The third kappa shape index (κ3) is 5.87. The van der Waals surface area contributed by atoms with Crippen LogP contribution in [-0.2, 0) is 4.79 Å². The average Bonchev–Trinajstić information content (AvgIpc) is 3.23. The van der Waals surface area contributed by atoms with Crippen LogP contribution in [-0.4, -0.2) is 66.2 Å². The molecule has 0 atom stereocenters. The monoisotopic (exact) mass is 427 g/mol. The van der Waals surface area contributed by atoms with E-state index in [9.17, 15) is 9.59 Å². The topological polar surface area (TPSA) is 85.1 Å². The van der Waals surface area contributed by atoms with Gasteiger partial charge in [-0.15, -0.1) is 0 Å². The van der Waals surface area contributed by atoms with Gasteiger partial charge >= 0.3 is 0 Å². The molecule has 2 amide bonds. The third-order valence-corrected chi connectivity index (χ3v) is 4.86. The number of hydrogen-bond acceptors (Lipinski definition) is 6. The summed E-state index contributed by atoms with van der Waals surface area (Å²) in [5, 5.41) is 3.75. The summed E-state index contributed by atoms with van der Waals surface area (Å²) in [5.74, 6) is 1.31. The third-order valence-electron chi connectivity index (χ3n) is 4.86. The maximum Gasteiger partial charge on any atom is 0.292 e. The molecule has 1 aromatic heterocycles. The molecule has 1 aliphatic rings. The smallest absolute Gasteiger partial charge is 0.292 e. The van der Waals surface area contributed by atoms with Crippen LogP contribution in [0, 0.1) is 6.92 Å². The molecular weight excluding hydrogens is 398 g/mol. The molecule has 0 spiro atoms. The lowest BCUT2D eigenvalue weighted by molar-refractivity contribution is -0.127. The molecule has 8 heteroatoms. The number of hydrogen-bond donors (Lipinski definition) is 0. The first-order valence-electron chi connectivity index (χ1n) is 10.6. The summed E-state index contributed by atoms with van der Waals surface area (Å²) in [6.07, 6.45) is 4.23. The molecule has 0 N–H and O–H groups in total. The Balaban J connectivity index is 1.56. The van der Waals surface area contributed by atoms with Crippen molar-refractivity contribution in [3.05, 3.63) is 47.4 Å². The first-order valence-corrected chi connectivity index (χ1v) is 10.6. The normalized spacial score (nSPS) is 14.2. The van der Waals surface area contributed by atoms with Gasteiger partial charge in [0.15, 0.2) is 11.5 Å². The van der Waals surface area contributed by atoms with E-state index >= 15 is 0 Å².